The first kappa shape index (κ1) is 13.5. The number of likely N-dealkylation sites (N-methyl/N-ethyl adjacent to an activating group) is 1. The molecule has 1 fully saturated rings. The molecule has 2 N–H and O–H groups in total. The van der Waals surface area contributed by atoms with E-state index in [1.165, 1.54) is 0 Å². The summed E-state index contributed by atoms with van der Waals surface area (Å²) in [5.74, 6) is 0. The number of hydrogen-bond donors (Lipinski definition) is 1. The summed E-state index contributed by atoms with van der Waals surface area (Å²) in [5, 5.41) is 0. The summed E-state index contributed by atoms with van der Waals surface area (Å²) >= 11 is 0. The number of aromatic nitrogens is 1. The molecule has 0 radical (unpaired) electrons. The van der Waals surface area contributed by atoms with Crippen molar-refractivity contribution in [2.45, 2.75) is 33.0 Å². The van der Waals surface area contributed by atoms with Crippen LogP contribution in [-0.2, 0) is 13.1 Å². The second-order valence-corrected chi connectivity index (χ2v) is 5.04. The van der Waals surface area contributed by atoms with Gasteiger partial charge < -0.3 is 5.73 Å². The van der Waals surface area contributed by atoms with Crippen molar-refractivity contribution < 1.29 is 0 Å². The summed E-state index contributed by atoms with van der Waals surface area (Å²) in [5.41, 5.74) is 7.74. The molecule has 100 valence electrons. The van der Waals surface area contributed by atoms with Gasteiger partial charge in [-0.1, -0.05) is 13.0 Å². The maximum absolute atomic E-state index is 5.63. The van der Waals surface area contributed by atoms with Gasteiger partial charge in [0.15, 0.2) is 0 Å². The van der Waals surface area contributed by atoms with Crippen LogP contribution >= 0.6 is 0 Å². The SMILES string of the molecule is CCN1CCN(Cc2cccc(CN)n2)CC1C. The third-order valence-corrected chi connectivity index (χ3v) is 3.71. The predicted octanol–water partition coefficient (Wildman–Crippen LogP) is 1.07. The Morgan fingerprint density at radius 2 is 2.11 bits per heavy atom. The Kier molecular flexibility index (Phi) is 4.69. The molecule has 1 unspecified atom stereocenters. The van der Waals surface area contributed by atoms with E-state index in [2.05, 4.69) is 40.8 Å². The van der Waals surface area contributed by atoms with Crippen LogP contribution in [0.4, 0.5) is 0 Å². The topological polar surface area (TPSA) is 45.4 Å². The molecule has 0 spiro atoms. The summed E-state index contributed by atoms with van der Waals surface area (Å²) in [4.78, 5) is 9.58. The number of nitrogens with zero attached hydrogens (tertiary/aromatic N) is 3. The van der Waals surface area contributed by atoms with Crippen molar-refractivity contribution >= 4 is 0 Å². The average Bonchev–Trinajstić information content (AvgIpc) is 2.39. The van der Waals surface area contributed by atoms with Crippen LogP contribution in [-0.4, -0.2) is 47.0 Å². The summed E-state index contributed by atoms with van der Waals surface area (Å²) in [6.07, 6.45) is 0. The minimum atomic E-state index is 0.522. The standard InChI is InChI=1S/C14H24N4/c1-3-18-8-7-17(10-12(18)2)11-14-6-4-5-13(9-15)16-14/h4-6,12H,3,7-11,15H2,1-2H3. The van der Waals surface area contributed by atoms with Crippen LogP contribution in [0.5, 0.6) is 0 Å². The monoisotopic (exact) mass is 248 g/mol. The van der Waals surface area contributed by atoms with Gasteiger partial charge in [0.25, 0.3) is 0 Å². The van der Waals surface area contributed by atoms with E-state index >= 15 is 0 Å². The van der Waals surface area contributed by atoms with Crippen molar-refractivity contribution in [1.29, 1.82) is 0 Å². The van der Waals surface area contributed by atoms with Gasteiger partial charge in [-0.25, -0.2) is 0 Å². The Balaban J connectivity index is 1.93. The smallest absolute Gasteiger partial charge is 0.0547 e. The first-order chi connectivity index (χ1) is 8.72. The van der Waals surface area contributed by atoms with E-state index < -0.39 is 0 Å². The van der Waals surface area contributed by atoms with Gasteiger partial charge in [0.1, 0.15) is 0 Å². The van der Waals surface area contributed by atoms with Gasteiger partial charge >= 0.3 is 0 Å². The molecular weight excluding hydrogens is 224 g/mol. The van der Waals surface area contributed by atoms with Crippen LogP contribution < -0.4 is 5.73 Å². The van der Waals surface area contributed by atoms with Crippen LogP contribution in [0.2, 0.25) is 0 Å². The number of rotatable bonds is 4. The van der Waals surface area contributed by atoms with Gasteiger partial charge in [0.2, 0.25) is 0 Å². The molecule has 1 aromatic rings. The highest BCUT2D eigenvalue weighted by Gasteiger charge is 2.22. The van der Waals surface area contributed by atoms with Gasteiger partial charge in [0, 0.05) is 38.8 Å². The lowest BCUT2D eigenvalue weighted by Crippen LogP contribution is -2.51. The van der Waals surface area contributed by atoms with Crippen LogP contribution in [0, 0.1) is 0 Å². The molecule has 1 aliphatic heterocycles. The van der Waals surface area contributed by atoms with E-state index in [1.54, 1.807) is 0 Å². The Labute approximate surface area is 110 Å². The van der Waals surface area contributed by atoms with Crippen molar-refractivity contribution in [3.8, 4) is 0 Å². The van der Waals surface area contributed by atoms with Gasteiger partial charge in [-0.05, 0) is 25.6 Å². The maximum Gasteiger partial charge on any atom is 0.0547 e. The Morgan fingerprint density at radius 3 is 2.78 bits per heavy atom. The van der Waals surface area contributed by atoms with Crippen LogP contribution in [0.25, 0.3) is 0 Å². The minimum Gasteiger partial charge on any atom is -0.325 e. The molecule has 18 heavy (non-hydrogen) atoms. The van der Waals surface area contributed by atoms with E-state index in [1.807, 2.05) is 6.07 Å². The normalized spacial score (nSPS) is 22.3. The molecule has 0 amide bonds. The zero-order valence-electron chi connectivity index (χ0n) is 11.5. The van der Waals surface area contributed by atoms with Crippen molar-refractivity contribution in [3.05, 3.63) is 29.6 Å². The molecular formula is C14H24N4. The van der Waals surface area contributed by atoms with Crippen LogP contribution in [0.3, 0.4) is 0 Å². The molecule has 0 bridgehead atoms. The maximum atomic E-state index is 5.63. The lowest BCUT2D eigenvalue weighted by atomic mass is 10.2. The fourth-order valence-electron chi connectivity index (χ4n) is 2.64. The molecule has 1 atom stereocenters. The summed E-state index contributed by atoms with van der Waals surface area (Å²) < 4.78 is 0. The second-order valence-electron chi connectivity index (χ2n) is 5.04. The predicted molar refractivity (Wildman–Crippen MR) is 74.1 cm³/mol. The van der Waals surface area contributed by atoms with E-state index in [0.717, 1.165) is 44.1 Å². The molecule has 1 aliphatic rings. The summed E-state index contributed by atoms with van der Waals surface area (Å²) in [7, 11) is 0. The second kappa shape index (κ2) is 6.27. The average molecular weight is 248 g/mol. The molecule has 4 nitrogen and oxygen atoms in total. The Hall–Kier alpha value is -0.970. The van der Waals surface area contributed by atoms with Gasteiger partial charge in [0.05, 0.1) is 11.4 Å². The third-order valence-electron chi connectivity index (χ3n) is 3.71. The van der Waals surface area contributed by atoms with Crippen molar-refractivity contribution in [1.82, 2.24) is 14.8 Å². The first-order valence-electron chi connectivity index (χ1n) is 6.84. The molecule has 4 heteroatoms. The van der Waals surface area contributed by atoms with Gasteiger partial charge in [-0.2, -0.15) is 0 Å². The molecule has 1 aromatic heterocycles. The summed E-state index contributed by atoms with van der Waals surface area (Å²) in [6, 6.07) is 6.77. The molecule has 0 saturated carbocycles. The highest BCUT2D eigenvalue weighted by atomic mass is 15.3. The zero-order chi connectivity index (χ0) is 13.0. The zero-order valence-corrected chi connectivity index (χ0v) is 11.5. The Bertz CT molecular complexity index is 380. The lowest BCUT2D eigenvalue weighted by molar-refractivity contribution is 0.0826. The summed E-state index contributed by atoms with van der Waals surface area (Å²) in [6.45, 7) is 10.6. The van der Waals surface area contributed by atoms with E-state index in [9.17, 15) is 0 Å². The van der Waals surface area contributed by atoms with E-state index in [-0.39, 0.29) is 0 Å². The van der Waals surface area contributed by atoms with Crippen molar-refractivity contribution in [2.75, 3.05) is 26.2 Å². The molecule has 2 heterocycles. The van der Waals surface area contributed by atoms with Gasteiger partial charge in [-0.15, -0.1) is 0 Å². The van der Waals surface area contributed by atoms with Crippen LogP contribution in [0.15, 0.2) is 18.2 Å². The number of pyridine rings is 1. The number of hydrogen-bond acceptors (Lipinski definition) is 4. The first-order valence-corrected chi connectivity index (χ1v) is 6.84. The fourth-order valence-corrected chi connectivity index (χ4v) is 2.64. The molecule has 0 aromatic carbocycles. The van der Waals surface area contributed by atoms with Crippen molar-refractivity contribution in [2.24, 2.45) is 5.73 Å². The molecule has 2 rings (SSSR count). The largest absolute Gasteiger partial charge is 0.325 e. The highest BCUT2D eigenvalue weighted by Crippen LogP contribution is 2.12. The highest BCUT2D eigenvalue weighted by molar-refractivity contribution is 5.11. The lowest BCUT2D eigenvalue weighted by Gasteiger charge is -2.39. The Morgan fingerprint density at radius 1 is 1.33 bits per heavy atom. The number of nitrogens with two attached hydrogens (primary N) is 1. The van der Waals surface area contributed by atoms with Crippen LogP contribution in [0.1, 0.15) is 25.2 Å². The van der Waals surface area contributed by atoms with Crippen molar-refractivity contribution in [3.63, 3.8) is 0 Å². The number of piperazine rings is 1. The minimum absolute atomic E-state index is 0.522. The molecule has 0 aliphatic carbocycles. The molecule has 1 saturated heterocycles. The van der Waals surface area contributed by atoms with E-state index in [4.69, 9.17) is 5.73 Å². The quantitative estimate of drug-likeness (QED) is 0.865. The third kappa shape index (κ3) is 3.28. The van der Waals surface area contributed by atoms with Gasteiger partial charge in [-0.3, -0.25) is 14.8 Å². The van der Waals surface area contributed by atoms with E-state index in [0.29, 0.717) is 12.6 Å². The fraction of sp³-hybridized carbons (Fsp3) is 0.643.